The summed E-state index contributed by atoms with van der Waals surface area (Å²) in [5, 5.41) is 6.89. The summed E-state index contributed by atoms with van der Waals surface area (Å²) < 4.78 is 51.9. The summed E-state index contributed by atoms with van der Waals surface area (Å²) in [6.45, 7) is 1.16. The first kappa shape index (κ1) is 24.8. The number of nitrogens with one attached hydrogen (secondary N) is 1. The maximum atomic E-state index is 12.4. The van der Waals surface area contributed by atoms with Crippen LogP contribution in [0.3, 0.4) is 0 Å². The van der Waals surface area contributed by atoms with E-state index in [1.54, 1.807) is 6.07 Å². The zero-order chi connectivity index (χ0) is 24.1. The van der Waals surface area contributed by atoms with Gasteiger partial charge in [-0.3, -0.25) is 9.69 Å². The molecule has 2 aromatic rings. The molecule has 0 spiro atoms. The number of amides is 1. The molecule has 4 rings (SSSR count). The topological polar surface area (TPSA) is 89.7 Å². The van der Waals surface area contributed by atoms with Gasteiger partial charge in [0.05, 0.1) is 19.2 Å². The number of rotatable bonds is 9. The molecule has 3 heterocycles. The zero-order valence-electron chi connectivity index (χ0n) is 19.0. The lowest BCUT2D eigenvalue weighted by atomic mass is 9.84. The Labute approximate surface area is 199 Å². The van der Waals surface area contributed by atoms with E-state index in [9.17, 15) is 18.0 Å². The Morgan fingerprint density at radius 1 is 1.32 bits per heavy atom. The average molecular weight is 503 g/mol. The van der Waals surface area contributed by atoms with E-state index in [0.717, 1.165) is 62.2 Å². The van der Waals surface area contributed by atoms with E-state index in [1.165, 1.54) is 18.4 Å². The van der Waals surface area contributed by atoms with E-state index in [0.29, 0.717) is 24.1 Å². The van der Waals surface area contributed by atoms with E-state index in [4.69, 9.17) is 14.0 Å². The van der Waals surface area contributed by atoms with Crippen molar-refractivity contribution in [1.29, 1.82) is 0 Å². The van der Waals surface area contributed by atoms with Crippen molar-refractivity contribution >= 4 is 17.2 Å². The van der Waals surface area contributed by atoms with E-state index >= 15 is 0 Å². The van der Waals surface area contributed by atoms with Crippen molar-refractivity contribution in [2.45, 2.75) is 63.7 Å². The molecule has 0 bridgehead atoms. The van der Waals surface area contributed by atoms with Crippen LogP contribution in [0, 0.1) is 5.92 Å². The molecule has 2 aromatic heterocycles. The first-order chi connectivity index (χ1) is 16.3. The molecule has 188 valence electrons. The van der Waals surface area contributed by atoms with Crippen molar-refractivity contribution in [3.63, 3.8) is 0 Å². The second-order valence-electron chi connectivity index (χ2n) is 8.87. The van der Waals surface area contributed by atoms with Gasteiger partial charge in [0.1, 0.15) is 5.76 Å². The van der Waals surface area contributed by atoms with Crippen molar-refractivity contribution in [3.05, 3.63) is 22.4 Å². The number of alkyl halides is 3. The van der Waals surface area contributed by atoms with Gasteiger partial charge in [-0.05, 0) is 56.1 Å². The van der Waals surface area contributed by atoms with Crippen LogP contribution < -0.4 is 14.8 Å². The molecule has 0 radical (unpaired) electrons. The van der Waals surface area contributed by atoms with E-state index in [1.807, 2.05) is 0 Å². The molecule has 1 amide bonds. The number of nitrogens with zero attached hydrogens (tertiary/aromatic N) is 3. The fourth-order valence-corrected chi connectivity index (χ4v) is 5.40. The lowest BCUT2D eigenvalue weighted by molar-refractivity contribution is -0.153. The van der Waals surface area contributed by atoms with Crippen molar-refractivity contribution in [3.8, 4) is 11.1 Å². The summed E-state index contributed by atoms with van der Waals surface area (Å²) >= 11 is 1.22. The molecular weight excluding hydrogens is 473 g/mol. The molecule has 1 aliphatic heterocycles. The van der Waals surface area contributed by atoms with Crippen LogP contribution in [-0.2, 0) is 24.2 Å². The Kier molecular flexibility index (Phi) is 7.97. The van der Waals surface area contributed by atoms with Crippen molar-refractivity contribution in [2.75, 3.05) is 26.8 Å². The van der Waals surface area contributed by atoms with E-state index in [2.05, 4.69) is 20.4 Å². The quantitative estimate of drug-likeness (QED) is 0.559. The molecule has 12 heteroatoms. The molecule has 1 aliphatic carbocycles. The third kappa shape index (κ3) is 7.08. The number of carbonyl (C=O) groups excluding carboxylic acids is 1. The fourth-order valence-electron chi connectivity index (χ4n) is 4.50. The van der Waals surface area contributed by atoms with Gasteiger partial charge in [0.25, 0.3) is 11.1 Å². The molecule has 0 saturated heterocycles. The molecule has 0 atom stereocenters. The molecular formula is C22H29F3N4O4S. The summed E-state index contributed by atoms with van der Waals surface area (Å²) in [6, 6.07) is 1.79. The van der Waals surface area contributed by atoms with Crippen molar-refractivity contribution in [1.82, 2.24) is 20.4 Å². The van der Waals surface area contributed by atoms with Gasteiger partial charge in [0.2, 0.25) is 5.91 Å². The minimum Gasteiger partial charge on any atom is -0.479 e. The zero-order valence-corrected chi connectivity index (χ0v) is 19.8. The minimum atomic E-state index is -4.36. The van der Waals surface area contributed by atoms with Crippen LogP contribution >= 0.6 is 11.3 Å². The van der Waals surface area contributed by atoms with Crippen LogP contribution in [0.2, 0.25) is 0 Å². The number of ether oxygens (including phenoxy) is 2. The Balaban J connectivity index is 1.14. The molecule has 8 nitrogen and oxygen atoms in total. The second kappa shape index (κ2) is 10.9. The summed E-state index contributed by atoms with van der Waals surface area (Å²) in [5.41, 5.74) is 0.837. The maximum Gasteiger partial charge on any atom is 0.422 e. The summed E-state index contributed by atoms with van der Waals surface area (Å²) in [4.78, 5) is 19.9. The highest BCUT2D eigenvalue weighted by Gasteiger charge is 2.30. The predicted octanol–water partition coefficient (Wildman–Crippen LogP) is 3.75. The number of hydrogen-bond acceptors (Lipinski definition) is 8. The third-order valence-electron chi connectivity index (χ3n) is 6.29. The van der Waals surface area contributed by atoms with Gasteiger partial charge < -0.3 is 19.3 Å². The van der Waals surface area contributed by atoms with Gasteiger partial charge in [-0.15, -0.1) is 0 Å². The van der Waals surface area contributed by atoms with Crippen molar-refractivity contribution in [2.24, 2.45) is 5.92 Å². The van der Waals surface area contributed by atoms with Gasteiger partial charge in [-0.2, -0.15) is 13.2 Å². The van der Waals surface area contributed by atoms with Crippen LogP contribution in [-0.4, -0.2) is 60.0 Å². The number of thiazole rings is 1. The number of carbonyl (C=O) groups is 1. The smallest absolute Gasteiger partial charge is 0.422 e. The summed E-state index contributed by atoms with van der Waals surface area (Å²) in [6.07, 6.45) is 1.67. The lowest BCUT2D eigenvalue weighted by Crippen LogP contribution is -2.39. The molecule has 1 saturated carbocycles. The Bertz CT molecular complexity index is 956. The van der Waals surface area contributed by atoms with Gasteiger partial charge in [0, 0.05) is 30.1 Å². The molecule has 1 fully saturated rings. The molecule has 0 unspecified atom stereocenters. The van der Waals surface area contributed by atoms with Crippen LogP contribution in [0.1, 0.15) is 48.4 Å². The normalized spacial score (nSPS) is 21.2. The molecule has 1 N–H and O–H groups in total. The standard InChI is InChI=1S/C22H29F3N4O4S/c1-31-20-11-16(33-28-20)10-19(30)26-15-4-2-14(3-5-15)6-8-29-9-7-18-17(12-29)27-21(34-18)32-13-22(23,24)25/h11,14-15H,2-10,12-13H2,1H3,(H,26,30). The van der Waals surface area contributed by atoms with Gasteiger partial charge in [-0.25, -0.2) is 4.98 Å². The lowest BCUT2D eigenvalue weighted by Gasteiger charge is -2.31. The van der Waals surface area contributed by atoms with Crippen LogP contribution in [0.15, 0.2) is 10.6 Å². The first-order valence-corrected chi connectivity index (χ1v) is 12.3. The summed E-state index contributed by atoms with van der Waals surface area (Å²) in [7, 11) is 1.50. The highest BCUT2D eigenvalue weighted by Crippen LogP contribution is 2.32. The number of aromatic nitrogens is 2. The summed E-state index contributed by atoms with van der Waals surface area (Å²) in [5.74, 6) is 1.37. The Morgan fingerprint density at radius 2 is 2.12 bits per heavy atom. The number of halogens is 3. The first-order valence-electron chi connectivity index (χ1n) is 11.5. The molecule has 2 aliphatic rings. The number of hydrogen-bond donors (Lipinski definition) is 1. The Hall–Kier alpha value is -2.34. The third-order valence-corrected chi connectivity index (χ3v) is 7.36. The largest absolute Gasteiger partial charge is 0.479 e. The van der Waals surface area contributed by atoms with E-state index in [-0.39, 0.29) is 23.6 Å². The Morgan fingerprint density at radius 3 is 2.82 bits per heavy atom. The number of methoxy groups -OCH3 is 1. The van der Waals surface area contributed by atoms with Crippen molar-refractivity contribution < 1.29 is 32.0 Å². The minimum absolute atomic E-state index is 0.0757. The highest BCUT2D eigenvalue weighted by atomic mass is 32.1. The van der Waals surface area contributed by atoms with Gasteiger partial charge in [0.15, 0.2) is 6.61 Å². The van der Waals surface area contributed by atoms with Crippen LogP contribution in [0.5, 0.6) is 11.1 Å². The maximum absolute atomic E-state index is 12.4. The fraction of sp³-hybridized carbons (Fsp3) is 0.682. The SMILES string of the molecule is COc1cc(CC(=O)NC2CCC(CCN3CCc4sc(OCC(F)(F)F)nc4C3)CC2)on1. The van der Waals surface area contributed by atoms with Crippen LogP contribution in [0.25, 0.3) is 0 Å². The second-order valence-corrected chi connectivity index (χ2v) is 9.91. The predicted molar refractivity (Wildman–Crippen MR) is 118 cm³/mol. The highest BCUT2D eigenvalue weighted by molar-refractivity contribution is 7.13. The van der Waals surface area contributed by atoms with E-state index < -0.39 is 12.8 Å². The average Bonchev–Trinajstić information content (AvgIpc) is 3.42. The number of fused-ring (bicyclic) bond motifs is 1. The van der Waals surface area contributed by atoms with Gasteiger partial charge in [-0.1, -0.05) is 11.3 Å². The molecule has 34 heavy (non-hydrogen) atoms. The molecule has 0 aromatic carbocycles. The van der Waals surface area contributed by atoms with Crippen LogP contribution in [0.4, 0.5) is 13.2 Å². The van der Waals surface area contributed by atoms with Gasteiger partial charge >= 0.3 is 6.18 Å². The monoisotopic (exact) mass is 502 g/mol.